The first kappa shape index (κ1) is 12.0. The van der Waals surface area contributed by atoms with E-state index >= 15 is 0 Å². The number of anilines is 1. The van der Waals surface area contributed by atoms with E-state index in [1.807, 2.05) is 24.3 Å². The molecule has 1 aliphatic rings. The average molecular weight is 258 g/mol. The van der Waals surface area contributed by atoms with Gasteiger partial charge in [0.25, 0.3) is 5.91 Å². The predicted molar refractivity (Wildman–Crippen MR) is 72.3 cm³/mol. The molecule has 0 unspecified atom stereocenters. The van der Waals surface area contributed by atoms with Gasteiger partial charge in [-0.2, -0.15) is 5.90 Å². The number of ether oxygens (including phenoxy) is 1. The van der Waals surface area contributed by atoms with Crippen LogP contribution in [0, 0.1) is 0 Å². The van der Waals surface area contributed by atoms with Crippen LogP contribution in [-0.2, 0) is 4.74 Å². The van der Waals surface area contributed by atoms with Gasteiger partial charge in [-0.15, -0.1) is 0 Å². The molecule has 0 saturated heterocycles. The van der Waals surface area contributed by atoms with Gasteiger partial charge in [0.15, 0.2) is 5.75 Å². The highest BCUT2D eigenvalue weighted by atomic mass is 16.6. The third-order valence-corrected chi connectivity index (χ3v) is 3.38. The van der Waals surface area contributed by atoms with E-state index in [2.05, 4.69) is 0 Å². The van der Waals surface area contributed by atoms with Gasteiger partial charge in [-0.3, -0.25) is 4.79 Å². The smallest absolute Gasteiger partial charge is 0.262 e. The van der Waals surface area contributed by atoms with Crippen LogP contribution in [0.25, 0.3) is 10.8 Å². The van der Waals surface area contributed by atoms with Crippen molar-refractivity contribution in [2.75, 3.05) is 25.2 Å². The molecular weight excluding hydrogens is 244 g/mol. The number of hydrogen-bond donors (Lipinski definition) is 1. The number of carbonyl (C=O) groups is 1. The third kappa shape index (κ3) is 1.67. The number of methoxy groups -OCH3 is 1. The van der Waals surface area contributed by atoms with Gasteiger partial charge in [0.05, 0.1) is 17.9 Å². The highest BCUT2D eigenvalue weighted by Crippen LogP contribution is 2.41. The Balaban J connectivity index is 2.21. The topological polar surface area (TPSA) is 64.8 Å². The summed E-state index contributed by atoms with van der Waals surface area (Å²) in [6.45, 7) is 0.988. The number of benzene rings is 2. The van der Waals surface area contributed by atoms with Crippen molar-refractivity contribution >= 4 is 22.4 Å². The Morgan fingerprint density at radius 2 is 2.11 bits per heavy atom. The molecule has 98 valence electrons. The Labute approximate surface area is 110 Å². The highest BCUT2D eigenvalue weighted by molar-refractivity contribution is 6.26. The van der Waals surface area contributed by atoms with E-state index in [0.29, 0.717) is 24.5 Å². The highest BCUT2D eigenvalue weighted by Gasteiger charge is 2.32. The van der Waals surface area contributed by atoms with Crippen LogP contribution in [-0.4, -0.2) is 26.2 Å². The third-order valence-electron chi connectivity index (χ3n) is 3.38. The zero-order valence-corrected chi connectivity index (χ0v) is 10.6. The number of rotatable bonds is 4. The van der Waals surface area contributed by atoms with Crippen LogP contribution in [0.2, 0.25) is 0 Å². The van der Waals surface area contributed by atoms with E-state index in [-0.39, 0.29) is 5.91 Å². The second-order valence-electron chi connectivity index (χ2n) is 4.38. The van der Waals surface area contributed by atoms with Gasteiger partial charge in [0.1, 0.15) is 0 Å². The molecule has 0 atom stereocenters. The van der Waals surface area contributed by atoms with Crippen LogP contribution in [0.3, 0.4) is 0 Å². The molecule has 3 rings (SSSR count). The molecule has 2 aromatic rings. The van der Waals surface area contributed by atoms with Crippen molar-refractivity contribution in [2.45, 2.75) is 0 Å². The first-order valence-corrected chi connectivity index (χ1v) is 6.01. The summed E-state index contributed by atoms with van der Waals surface area (Å²) in [6, 6.07) is 9.45. The molecule has 19 heavy (non-hydrogen) atoms. The number of nitrogens with two attached hydrogens (primary N) is 1. The lowest BCUT2D eigenvalue weighted by atomic mass is 10.0. The summed E-state index contributed by atoms with van der Waals surface area (Å²) in [5.74, 6) is 5.57. The lowest BCUT2D eigenvalue weighted by molar-refractivity contribution is 0.0979. The van der Waals surface area contributed by atoms with Crippen LogP contribution in [0.5, 0.6) is 5.75 Å². The van der Waals surface area contributed by atoms with E-state index in [9.17, 15) is 4.79 Å². The standard InChI is InChI=1S/C14H14N2O3/c1-18-8-7-16-10-4-2-3-9-5-6-11(19-15)13(12(9)10)14(16)17/h2-6H,7-8,15H2,1H3. The minimum atomic E-state index is -0.0932. The van der Waals surface area contributed by atoms with Gasteiger partial charge < -0.3 is 14.5 Å². The summed E-state index contributed by atoms with van der Waals surface area (Å²) in [5, 5.41) is 1.90. The number of amides is 1. The van der Waals surface area contributed by atoms with Crippen molar-refractivity contribution in [2.24, 2.45) is 5.90 Å². The molecule has 0 aromatic heterocycles. The minimum Gasteiger partial charge on any atom is -0.411 e. The van der Waals surface area contributed by atoms with Crippen LogP contribution < -0.4 is 15.6 Å². The maximum Gasteiger partial charge on any atom is 0.262 e. The fourth-order valence-corrected chi connectivity index (χ4v) is 2.53. The first-order valence-electron chi connectivity index (χ1n) is 6.01. The van der Waals surface area contributed by atoms with Crippen LogP contribution in [0.4, 0.5) is 5.69 Å². The summed E-state index contributed by atoms with van der Waals surface area (Å²) >= 11 is 0. The fourth-order valence-electron chi connectivity index (χ4n) is 2.53. The normalized spacial score (nSPS) is 13.4. The monoisotopic (exact) mass is 258 g/mol. The van der Waals surface area contributed by atoms with Crippen molar-refractivity contribution in [1.82, 2.24) is 0 Å². The summed E-state index contributed by atoms with van der Waals surface area (Å²) < 4.78 is 5.05. The first-order chi connectivity index (χ1) is 9.27. The quantitative estimate of drug-likeness (QED) is 0.848. The summed E-state index contributed by atoms with van der Waals surface area (Å²) in [7, 11) is 1.61. The van der Waals surface area contributed by atoms with E-state index in [1.165, 1.54) is 0 Å². The number of nitrogens with zero attached hydrogens (tertiary/aromatic N) is 1. The van der Waals surface area contributed by atoms with Crippen molar-refractivity contribution in [3.05, 3.63) is 35.9 Å². The lowest BCUT2D eigenvalue weighted by Gasteiger charge is -2.16. The van der Waals surface area contributed by atoms with Crippen LogP contribution in [0.1, 0.15) is 10.4 Å². The largest absolute Gasteiger partial charge is 0.411 e. The molecule has 1 amide bonds. The number of carbonyl (C=O) groups excluding carboxylic acids is 1. The molecule has 5 nitrogen and oxygen atoms in total. The molecule has 0 fully saturated rings. The van der Waals surface area contributed by atoms with E-state index in [0.717, 1.165) is 16.5 Å². The zero-order chi connectivity index (χ0) is 13.4. The maximum absolute atomic E-state index is 12.5. The molecule has 1 heterocycles. The van der Waals surface area contributed by atoms with Crippen LogP contribution >= 0.6 is 0 Å². The Hall–Kier alpha value is -2.11. The second kappa shape index (κ2) is 4.53. The van der Waals surface area contributed by atoms with Gasteiger partial charge in [-0.25, -0.2) is 0 Å². The van der Waals surface area contributed by atoms with E-state index < -0.39 is 0 Å². The van der Waals surface area contributed by atoms with Crippen molar-refractivity contribution in [3.8, 4) is 5.75 Å². The number of hydrogen-bond acceptors (Lipinski definition) is 4. The molecule has 5 heteroatoms. The minimum absolute atomic E-state index is 0.0932. The molecule has 0 spiro atoms. The van der Waals surface area contributed by atoms with Crippen molar-refractivity contribution < 1.29 is 14.4 Å². The Morgan fingerprint density at radius 1 is 1.26 bits per heavy atom. The maximum atomic E-state index is 12.5. The van der Waals surface area contributed by atoms with Crippen molar-refractivity contribution in [3.63, 3.8) is 0 Å². The van der Waals surface area contributed by atoms with Gasteiger partial charge in [0, 0.05) is 19.0 Å². The van der Waals surface area contributed by atoms with Gasteiger partial charge in [0.2, 0.25) is 0 Å². The van der Waals surface area contributed by atoms with Crippen LogP contribution in [0.15, 0.2) is 30.3 Å². The Morgan fingerprint density at radius 3 is 2.84 bits per heavy atom. The molecular formula is C14H14N2O3. The molecule has 2 N–H and O–H groups in total. The Kier molecular flexibility index (Phi) is 2.85. The predicted octanol–water partition coefficient (Wildman–Crippen LogP) is 1.70. The molecule has 0 aliphatic carbocycles. The Bertz CT molecular complexity index is 654. The summed E-state index contributed by atoms with van der Waals surface area (Å²) in [5.41, 5.74) is 1.42. The van der Waals surface area contributed by atoms with E-state index in [4.69, 9.17) is 15.5 Å². The summed E-state index contributed by atoms with van der Waals surface area (Å²) in [6.07, 6.45) is 0. The molecule has 0 bridgehead atoms. The SMILES string of the molecule is COCCN1C(=O)c2c(ON)ccc3cccc1c23. The molecule has 2 aromatic carbocycles. The zero-order valence-electron chi connectivity index (χ0n) is 10.6. The molecule has 1 aliphatic heterocycles. The fraction of sp³-hybridized carbons (Fsp3) is 0.214. The van der Waals surface area contributed by atoms with Gasteiger partial charge in [-0.05, 0) is 17.5 Å². The summed E-state index contributed by atoms with van der Waals surface area (Å²) in [4.78, 5) is 19.0. The van der Waals surface area contributed by atoms with Gasteiger partial charge in [-0.1, -0.05) is 18.2 Å². The molecule has 0 radical (unpaired) electrons. The van der Waals surface area contributed by atoms with Gasteiger partial charge >= 0.3 is 0 Å². The van der Waals surface area contributed by atoms with E-state index in [1.54, 1.807) is 18.1 Å². The second-order valence-corrected chi connectivity index (χ2v) is 4.38. The molecule has 0 saturated carbocycles. The lowest BCUT2D eigenvalue weighted by Crippen LogP contribution is -2.30. The van der Waals surface area contributed by atoms with Crippen molar-refractivity contribution in [1.29, 1.82) is 0 Å². The average Bonchev–Trinajstić information content (AvgIpc) is 2.73.